The maximum absolute atomic E-state index is 10.6. The Hall–Kier alpha value is -1.53. The molecule has 0 aromatic carbocycles. The van der Waals surface area contributed by atoms with Gasteiger partial charge in [-0.25, -0.2) is 4.98 Å². The summed E-state index contributed by atoms with van der Waals surface area (Å²) in [5, 5.41) is 17.3. The van der Waals surface area contributed by atoms with Crippen LogP contribution in [0.1, 0.15) is 31.4 Å². The second-order valence-electron chi connectivity index (χ2n) is 4.65. The van der Waals surface area contributed by atoms with Gasteiger partial charge in [0.05, 0.1) is 16.0 Å². The second kappa shape index (κ2) is 6.28. The summed E-state index contributed by atoms with van der Waals surface area (Å²) in [6, 6.07) is 1.82. The fraction of sp³-hybridized carbons (Fsp3) is 0.417. The minimum absolute atomic E-state index is 0.185. The van der Waals surface area contributed by atoms with Gasteiger partial charge < -0.3 is 10.6 Å². The Balaban J connectivity index is 2.08. The fourth-order valence-electron chi connectivity index (χ4n) is 1.66. The van der Waals surface area contributed by atoms with Crippen molar-refractivity contribution in [2.24, 2.45) is 0 Å². The lowest BCUT2D eigenvalue weighted by molar-refractivity contribution is -0.404. The van der Waals surface area contributed by atoms with E-state index in [1.165, 1.54) is 0 Å². The summed E-state index contributed by atoms with van der Waals surface area (Å²) in [4.78, 5) is 14.1. The quantitative estimate of drug-likeness (QED) is 0.479. The average molecular weight is 317 g/mol. The van der Waals surface area contributed by atoms with Gasteiger partial charge in [-0.1, -0.05) is 23.2 Å². The molecule has 108 valence electrons. The number of nitrogens with one attached hydrogen (secondary N) is 2. The van der Waals surface area contributed by atoms with Crippen LogP contribution in [-0.4, -0.2) is 15.9 Å². The SMILES string of the molecule is CC(NC(=C[N+](=O)[O-])NC1CC1)c1cnc(Cl)c(Cl)c1. The number of hydrogen-bond acceptors (Lipinski definition) is 5. The molecule has 20 heavy (non-hydrogen) atoms. The maximum atomic E-state index is 10.6. The summed E-state index contributed by atoms with van der Waals surface area (Å²) in [5.74, 6) is 0.385. The Labute approximate surface area is 126 Å². The standard InChI is InChI=1S/C12H14Cl2N4O2/c1-7(8-4-10(13)12(14)15-5-8)16-11(6-18(19)20)17-9-2-3-9/h4-7,9,16-17H,2-3H2,1H3. The molecule has 0 aliphatic heterocycles. The molecule has 2 N–H and O–H groups in total. The van der Waals surface area contributed by atoms with Crippen molar-refractivity contribution in [1.29, 1.82) is 0 Å². The first-order valence-electron chi connectivity index (χ1n) is 6.15. The molecule has 0 saturated heterocycles. The van der Waals surface area contributed by atoms with E-state index in [0.717, 1.165) is 24.6 Å². The Bertz CT molecular complexity index is 546. The Morgan fingerprint density at radius 1 is 1.60 bits per heavy atom. The van der Waals surface area contributed by atoms with Crippen LogP contribution in [0.3, 0.4) is 0 Å². The highest BCUT2D eigenvalue weighted by atomic mass is 35.5. The molecule has 1 aromatic heterocycles. The minimum atomic E-state index is -0.489. The van der Waals surface area contributed by atoms with E-state index < -0.39 is 4.92 Å². The van der Waals surface area contributed by atoms with Crippen LogP contribution in [0.15, 0.2) is 24.3 Å². The van der Waals surface area contributed by atoms with Gasteiger partial charge in [0.25, 0.3) is 6.20 Å². The van der Waals surface area contributed by atoms with E-state index >= 15 is 0 Å². The lowest BCUT2D eigenvalue weighted by atomic mass is 10.1. The first-order valence-corrected chi connectivity index (χ1v) is 6.90. The van der Waals surface area contributed by atoms with E-state index in [0.29, 0.717) is 16.9 Å². The third-order valence-corrected chi connectivity index (χ3v) is 3.55. The average Bonchev–Trinajstić information content (AvgIpc) is 3.15. The molecule has 1 unspecified atom stereocenters. The van der Waals surface area contributed by atoms with E-state index in [1.807, 2.05) is 6.92 Å². The lowest BCUT2D eigenvalue weighted by Crippen LogP contribution is -2.30. The summed E-state index contributed by atoms with van der Waals surface area (Å²) in [5.41, 5.74) is 0.797. The van der Waals surface area contributed by atoms with Gasteiger partial charge in [-0.15, -0.1) is 0 Å². The molecule has 8 heteroatoms. The van der Waals surface area contributed by atoms with Crippen LogP contribution >= 0.6 is 23.2 Å². The topological polar surface area (TPSA) is 80.1 Å². The van der Waals surface area contributed by atoms with Crippen LogP contribution in [0.25, 0.3) is 0 Å². The van der Waals surface area contributed by atoms with E-state index in [1.54, 1.807) is 12.3 Å². The van der Waals surface area contributed by atoms with Gasteiger partial charge in [-0.2, -0.15) is 0 Å². The van der Waals surface area contributed by atoms with Crippen molar-refractivity contribution in [2.45, 2.75) is 31.8 Å². The van der Waals surface area contributed by atoms with Crippen molar-refractivity contribution in [3.63, 3.8) is 0 Å². The molecule has 1 atom stereocenters. The van der Waals surface area contributed by atoms with Gasteiger partial charge in [-0.3, -0.25) is 10.1 Å². The number of pyridine rings is 1. The summed E-state index contributed by atoms with van der Waals surface area (Å²) in [6.45, 7) is 1.86. The minimum Gasteiger partial charge on any atom is -0.364 e. The molecule has 1 saturated carbocycles. The summed E-state index contributed by atoms with van der Waals surface area (Å²) in [6.07, 6.45) is 4.57. The molecule has 1 fully saturated rings. The Morgan fingerprint density at radius 2 is 2.30 bits per heavy atom. The molecule has 1 aliphatic rings. The van der Waals surface area contributed by atoms with Crippen molar-refractivity contribution in [3.05, 3.63) is 50.1 Å². The van der Waals surface area contributed by atoms with Gasteiger partial charge >= 0.3 is 0 Å². The number of aromatic nitrogens is 1. The molecule has 0 bridgehead atoms. The zero-order valence-corrected chi connectivity index (χ0v) is 12.3. The summed E-state index contributed by atoms with van der Waals surface area (Å²) in [7, 11) is 0. The van der Waals surface area contributed by atoms with Gasteiger partial charge in [-0.05, 0) is 31.4 Å². The number of halogens is 2. The Morgan fingerprint density at radius 3 is 2.85 bits per heavy atom. The normalized spacial score (nSPS) is 16.6. The molecular weight excluding hydrogens is 303 g/mol. The predicted molar refractivity (Wildman–Crippen MR) is 77.0 cm³/mol. The van der Waals surface area contributed by atoms with Crippen LogP contribution < -0.4 is 10.6 Å². The van der Waals surface area contributed by atoms with Crippen LogP contribution in [0.2, 0.25) is 10.2 Å². The largest absolute Gasteiger partial charge is 0.364 e. The van der Waals surface area contributed by atoms with Crippen molar-refractivity contribution in [3.8, 4) is 0 Å². The molecule has 0 amide bonds. The zero-order chi connectivity index (χ0) is 14.7. The lowest BCUT2D eigenvalue weighted by Gasteiger charge is -2.18. The van der Waals surface area contributed by atoms with Crippen molar-refractivity contribution < 1.29 is 4.92 Å². The summed E-state index contributed by atoms with van der Waals surface area (Å²) < 4.78 is 0. The second-order valence-corrected chi connectivity index (χ2v) is 5.42. The van der Waals surface area contributed by atoms with Crippen molar-refractivity contribution >= 4 is 23.2 Å². The van der Waals surface area contributed by atoms with Crippen LogP contribution in [0.5, 0.6) is 0 Å². The molecule has 1 aliphatic carbocycles. The molecule has 0 spiro atoms. The highest BCUT2D eigenvalue weighted by Gasteiger charge is 2.23. The number of nitrogens with zero attached hydrogens (tertiary/aromatic N) is 2. The van der Waals surface area contributed by atoms with E-state index in [4.69, 9.17) is 23.2 Å². The van der Waals surface area contributed by atoms with E-state index in [-0.39, 0.29) is 11.2 Å². The molecule has 0 radical (unpaired) electrons. The number of nitro groups is 1. The molecule has 2 rings (SSSR count). The smallest absolute Gasteiger partial charge is 0.274 e. The number of rotatable bonds is 6. The highest BCUT2D eigenvalue weighted by Crippen LogP contribution is 2.24. The maximum Gasteiger partial charge on any atom is 0.274 e. The van der Waals surface area contributed by atoms with Crippen LogP contribution in [-0.2, 0) is 0 Å². The zero-order valence-electron chi connectivity index (χ0n) is 10.8. The fourth-order valence-corrected chi connectivity index (χ4v) is 1.94. The van der Waals surface area contributed by atoms with Gasteiger partial charge in [0.1, 0.15) is 5.15 Å². The van der Waals surface area contributed by atoms with Crippen molar-refractivity contribution in [2.75, 3.05) is 0 Å². The van der Waals surface area contributed by atoms with E-state index in [2.05, 4.69) is 15.6 Å². The first-order chi connectivity index (χ1) is 9.45. The van der Waals surface area contributed by atoms with Gasteiger partial charge in [0.15, 0.2) is 5.82 Å². The first kappa shape index (κ1) is 14.9. The highest BCUT2D eigenvalue weighted by molar-refractivity contribution is 6.41. The third kappa shape index (κ3) is 4.25. The molecular formula is C12H14Cl2N4O2. The van der Waals surface area contributed by atoms with E-state index in [9.17, 15) is 10.1 Å². The van der Waals surface area contributed by atoms with Gasteiger partial charge in [0, 0.05) is 12.2 Å². The third-order valence-electron chi connectivity index (χ3n) is 2.86. The molecule has 1 heterocycles. The Kier molecular flexibility index (Phi) is 4.67. The summed E-state index contributed by atoms with van der Waals surface area (Å²) >= 11 is 11.7. The monoisotopic (exact) mass is 316 g/mol. The molecule has 6 nitrogen and oxygen atoms in total. The van der Waals surface area contributed by atoms with Crippen LogP contribution in [0.4, 0.5) is 0 Å². The van der Waals surface area contributed by atoms with Crippen LogP contribution in [0, 0.1) is 10.1 Å². The molecule has 1 aromatic rings. The van der Waals surface area contributed by atoms with Crippen molar-refractivity contribution in [1.82, 2.24) is 15.6 Å². The predicted octanol–water partition coefficient (Wildman–Crippen LogP) is 2.87. The number of hydrogen-bond donors (Lipinski definition) is 2. The van der Waals surface area contributed by atoms with Gasteiger partial charge in [0.2, 0.25) is 0 Å².